The number of hydrogen-bond acceptors (Lipinski definition) is 3. The second-order valence-electron chi connectivity index (χ2n) is 4.12. The standard InChI is InChI=1S/C15H13N3/c1-18(13-8-3-2-4-9-13)15-16-11-12-7-5-6-10-14(12)17-15/h2-11H,1H3. The van der Waals surface area contributed by atoms with Gasteiger partial charge in [-0.25, -0.2) is 9.97 Å². The average molecular weight is 235 g/mol. The fourth-order valence-electron chi connectivity index (χ4n) is 1.89. The minimum Gasteiger partial charge on any atom is -0.314 e. The third-order valence-electron chi connectivity index (χ3n) is 2.92. The van der Waals surface area contributed by atoms with Gasteiger partial charge in [-0.3, -0.25) is 0 Å². The third-order valence-corrected chi connectivity index (χ3v) is 2.92. The topological polar surface area (TPSA) is 29.0 Å². The summed E-state index contributed by atoms with van der Waals surface area (Å²) in [6.07, 6.45) is 1.86. The molecule has 0 radical (unpaired) electrons. The lowest BCUT2D eigenvalue weighted by molar-refractivity contribution is 1.07. The van der Waals surface area contributed by atoms with Crippen molar-refractivity contribution in [3.63, 3.8) is 0 Å². The second kappa shape index (κ2) is 4.45. The Bertz CT molecular complexity index is 665. The quantitative estimate of drug-likeness (QED) is 0.681. The predicted molar refractivity (Wildman–Crippen MR) is 74.0 cm³/mol. The van der Waals surface area contributed by atoms with Crippen molar-refractivity contribution in [2.45, 2.75) is 0 Å². The molecule has 0 spiro atoms. The summed E-state index contributed by atoms with van der Waals surface area (Å²) in [5, 5.41) is 1.06. The van der Waals surface area contributed by atoms with E-state index in [2.05, 4.69) is 9.97 Å². The molecule has 2 aromatic carbocycles. The molecule has 3 nitrogen and oxygen atoms in total. The Labute approximate surface area is 106 Å². The molecule has 0 N–H and O–H groups in total. The molecule has 0 bridgehead atoms. The van der Waals surface area contributed by atoms with Crippen molar-refractivity contribution in [2.75, 3.05) is 11.9 Å². The van der Waals surface area contributed by atoms with Gasteiger partial charge in [0.05, 0.1) is 5.52 Å². The molecule has 3 heteroatoms. The lowest BCUT2D eigenvalue weighted by Crippen LogP contribution is -2.12. The molecule has 0 fully saturated rings. The van der Waals surface area contributed by atoms with Crippen molar-refractivity contribution in [1.82, 2.24) is 9.97 Å². The summed E-state index contributed by atoms with van der Waals surface area (Å²) >= 11 is 0. The van der Waals surface area contributed by atoms with E-state index in [1.54, 1.807) is 0 Å². The van der Waals surface area contributed by atoms with E-state index in [1.165, 1.54) is 0 Å². The van der Waals surface area contributed by atoms with E-state index in [-0.39, 0.29) is 0 Å². The molecule has 18 heavy (non-hydrogen) atoms. The van der Waals surface area contributed by atoms with Gasteiger partial charge in [-0.05, 0) is 18.2 Å². The van der Waals surface area contributed by atoms with Gasteiger partial charge in [0.1, 0.15) is 0 Å². The summed E-state index contributed by atoms with van der Waals surface area (Å²) < 4.78 is 0. The first-order chi connectivity index (χ1) is 8.84. The van der Waals surface area contributed by atoms with Crippen LogP contribution in [0.4, 0.5) is 11.6 Å². The fraction of sp³-hybridized carbons (Fsp3) is 0.0667. The molecule has 1 heterocycles. The van der Waals surface area contributed by atoms with Crippen molar-refractivity contribution in [2.24, 2.45) is 0 Å². The third kappa shape index (κ3) is 1.91. The molecule has 88 valence electrons. The molecule has 0 atom stereocenters. The maximum Gasteiger partial charge on any atom is 0.230 e. The Morgan fingerprint density at radius 2 is 1.61 bits per heavy atom. The summed E-state index contributed by atoms with van der Waals surface area (Å²) in [5.41, 5.74) is 2.04. The average Bonchev–Trinajstić information content (AvgIpc) is 2.47. The Balaban J connectivity index is 2.04. The van der Waals surface area contributed by atoms with Crippen molar-refractivity contribution in [1.29, 1.82) is 0 Å². The number of nitrogens with zero attached hydrogens (tertiary/aromatic N) is 3. The predicted octanol–water partition coefficient (Wildman–Crippen LogP) is 3.40. The number of para-hydroxylation sites is 2. The summed E-state index contributed by atoms with van der Waals surface area (Å²) in [4.78, 5) is 10.9. The van der Waals surface area contributed by atoms with Gasteiger partial charge in [-0.2, -0.15) is 0 Å². The van der Waals surface area contributed by atoms with Gasteiger partial charge in [-0.15, -0.1) is 0 Å². The molecule has 0 aliphatic carbocycles. The maximum atomic E-state index is 4.57. The lowest BCUT2D eigenvalue weighted by Gasteiger charge is -2.17. The summed E-state index contributed by atoms with van der Waals surface area (Å²) in [6, 6.07) is 18.1. The van der Waals surface area contributed by atoms with Crippen molar-refractivity contribution in [3.05, 3.63) is 60.8 Å². The molecule has 0 unspecified atom stereocenters. The van der Waals surface area contributed by atoms with E-state index in [0.29, 0.717) is 5.95 Å². The van der Waals surface area contributed by atoms with Crippen molar-refractivity contribution in [3.8, 4) is 0 Å². The second-order valence-corrected chi connectivity index (χ2v) is 4.12. The zero-order chi connectivity index (χ0) is 12.4. The zero-order valence-electron chi connectivity index (χ0n) is 10.1. The van der Waals surface area contributed by atoms with Gasteiger partial charge in [0.2, 0.25) is 5.95 Å². The van der Waals surface area contributed by atoms with Gasteiger partial charge >= 0.3 is 0 Å². The molecule has 0 saturated heterocycles. The maximum absolute atomic E-state index is 4.57. The number of benzene rings is 2. The Morgan fingerprint density at radius 1 is 0.889 bits per heavy atom. The van der Waals surface area contributed by atoms with Gasteiger partial charge in [0, 0.05) is 24.3 Å². The Kier molecular flexibility index (Phi) is 2.65. The van der Waals surface area contributed by atoms with Crippen LogP contribution < -0.4 is 4.90 Å². The van der Waals surface area contributed by atoms with Crippen molar-refractivity contribution >= 4 is 22.5 Å². The van der Waals surface area contributed by atoms with Crippen LogP contribution in [0.5, 0.6) is 0 Å². The van der Waals surface area contributed by atoms with E-state index in [0.717, 1.165) is 16.6 Å². The highest BCUT2D eigenvalue weighted by molar-refractivity contribution is 5.79. The molecule has 1 aromatic heterocycles. The first kappa shape index (κ1) is 10.7. The molecule has 3 rings (SSSR count). The highest BCUT2D eigenvalue weighted by atomic mass is 15.2. The Morgan fingerprint density at radius 3 is 2.44 bits per heavy atom. The smallest absolute Gasteiger partial charge is 0.230 e. The minimum absolute atomic E-state index is 0.708. The van der Waals surface area contributed by atoms with Gasteiger partial charge < -0.3 is 4.90 Å². The van der Waals surface area contributed by atoms with E-state index in [1.807, 2.05) is 72.7 Å². The fourth-order valence-corrected chi connectivity index (χ4v) is 1.89. The molecule has 0 aliphatic rings. The number of hydrogen-bond donors (Lipinski definition) is 0. The number of anilines is 2. The number of fused-ring (bicyclic) bond motifs is 1. The molecule has 3 aromatic rings. The first-order valence-corrected chi connectivity index (χ1v) is 5.85. The zero-order valence-corrected chi connectivity index (χ0v) is 10.1. The van der Waals surface area contributed by atoms with Crippen LogP contribution >= 0.6 is 0 Å². The Hall–Kier alpha value is -2.42. The molecular formula is C15H13N3. The minimum atomic E-state index is 0.708. The van der Waals surface area contributed by atoms with Gasteiger partial charge in [0.25, 0.3) is 0 Å². The van der Waals surface area contributed by atoms with Crippen LogP contribution in [0.2, 0.25) is 0 Å². The van der Waals surface area contributed by atoms with Crippen LogP contribution in [-0.4, -0.2) is 17.0 Å². The van der Waals surface area contributed by atoms with E-state index < -0.39 is 0 Å². The number of aromatic nitrogens is 2. The molecular weight excluding hydrogens is 222 g/mol. The van der Waals surface area contributed by atoms with Crippen LogP contribution in [0, 0.1) is 0 Å². The summed E-state index contributed by atoms with van der Waals surface area (Å²) in [6.45, 7) is 0. The molecule has 0 amide bonds. The van der Waals surface area contributed by atoms with Gasteiger partial charge in [-0.1, -0.05) is 36.4 Å². The SMILES string of the molecule is CN(c1ccccc1)c1ncc2ccccc2n1. The molecule has 0 saturated carbocycles. The highest BCUT2D eigenvalue weighted by Crippen LogP contribution is 2.21. The van der Waals surface area contributed by atoms with Crippen LogP contribution in [-0.2, 0) is 0 Å². The van der Waals surface area contributed by atoms with Crippen LogP contribution in [0.1, 0.15) is 0 Å². The van der Waals surface area contributed by atoms with E-state index >= 15 is 0 Å². The van der Waals surface area contributed by atoms with Gasteiger partial charge in [0.15, 0.2) is 0 Å². The summed E-state index contributed by atoms with van der Waals surface area (Å²) in [5.74, 6) is 0.708. The summed E-state index contributed by atoms with van der Waals surface area (Å²) in [7, 11) is 1.97. The number of rotatable bonds is 2. The van der Waals surface area contributed by atoms with Crippen LogP contribution in [0.15, 0.2) is 60.8 Å². The monoisotopic (exact) mass is 235 g/mol. The molecule has 0 aliphatic heterocycles. The lowest BCUT2D eigenvalue weighted by atomic mass is 10.2. The normalized spacial score (nSPS) is 10.5. The largest absolute Gasteiger partial charge is 0.314 e. The highest BCUT2D eigenvalue weighted by Gasteiger charge is 2.06. The van der Waals surface area contributed by atoms with E-state index in [9.17, 15) is 0 Å². The van der Waals surface area contributed by atoms with Crippen molar-refractivity contribution < 1.29 is 0 Å². The van der Waals surface area contributed by atoms with E-state index in [4.69, 9.17) is 0 Å². The van der Waals surface area contributed by atoms with Crippen LogP contribution in [0.3, 0.4) is 0 Å². The van der Waals surface area contributed by atoms with Crippen LogP contribution in [0.25, 0.3) is 10.9 Å². The first-order valence-electron chi connectivity index (χ1n) is 5.85.